The minimum Gasteiger partial charge on any atom is -0.389 e. The van der Waals surface area contributed by atoms with E-state index in [0.29, 0.717) is 12.6 Å². The molecule has 1 aromatic rings. The van der Waals surface area contributed by atoms with E-state index in [1.807, 2.05) is 25.4 Å². The summed E-state index contributed by atoms with van der Waals surface area (Å²) in [5.41, 5.74) is 0.453. The Morgan fingerprint density at radius 3 is 2.95 bits per heavy atom. The highest BCUT2D eigenvalue weighted by Crippen LogP contribution is 2.22. The molecule has 3 N–H and O–H groups in total. The van der Waals surface area contributed by atoms with Gasteiger partial charge in [0, 0.05) is 43.6 Å². The molecule has 0 bridgehead atoms. The van der Waals surface area contributed by atoms with Crippen LogP contribution in [0.2, 0.25) is 0 Å². The molecule has 0 aliphatic carbocycles. The Balaban J connectivity index is 1.99. The second kappa shape index (κ2) is 5.75. The van der Waals surface area contributed by atoms with Crippen molar-refractivity contribution in [3.05, 3.63) is 18.3 Å². The average molecular weight is 264 g/mol. The van der Waals surface area contributed by atoms with Crippen LogP contribution in [0.4, 0.5) is 11.5 Å². The van der Waals surface area contributed by atoms with E-state index >= 15 is 0 Å². The van der Waals surface area contributed by atoms with Gasteiger partial charge >= 0.3 is 0 Å². The summed E-state index contributed by atoms with van der Waals surface area (Å²) in [6.07, 6.45) is 2.99. The van der Waals surface area contributed by atoms with E-state index in [2.05, 4.69) is 20.5 Å². The smallest absolute Gasteiger partial charge is 0.128 e. The van der Waals surface area contributed by atoms with Gasteiger partial charge in [0.05, 0.1) is 5.60 Å². The third-order valence-corrected chi connectivity index (χ3v) is 3.41. The second-order valence-electron chi connectivity index (χ2n) is 5.79. The van der Waals surface area contributed by atoms with Crippen LogP contribution in [0.3, 0.4) is 0 Å². The van der Waals surface area contributed by atoms with Gasteiger partial charge in [-0.25, -0.2) is 4.98 Å². The Morgan fingerprint density at radius 2 is 2.32 bits per heavy atom. The molecule has 0 amide bonds. The lowest BCUT2D eigenvalue weighted by Crippen LogP contribution is -2.30. The van der Waals surface area contributed by atoms with Crippen molar-refractivity contribution in [2.24, 2.45) is 0 Å². The third-order valence-electron chi connectivity index (χ3n) is 3.41. The van der Waals surface area contributed by atoms with Crippen LogP contribution in [0.1, 0.15) is 20.3 Å². The fraction of sp³-hybridized carbons (Fsp3) is 0.643. The molecule has 106 valence electrons. The molecule has 0 aromatic carbocycles. The highest BCUT2D eigenvalue weighted by Gasteiger charge is 2.21. The first-order valence-electron chi connectivity index (χ1n) is 6.82. The standard InChI is InChI=1S/C14H24N4O/c1-14(2,19)10-17-13-8-12(4-6-16-13)18-7-5-11(9-18)15-3/h4,6,8,11,15,19H,5,7,9-10H2,1-3H3,(H,16,17)/t11-/m1/s1. The topological polar surface area (TPSA) is 60.4 Å². The fourth-order valence-corrected chi connectivity index (χ4v) is 2.25. The third kappa shape index (κ3) is 4.08. The van der Waals surface area contributed by atoms with Crippen LogP contribution in [-0.4, -0.2) is 48.4 Å². The van der Waals surface area contributed by atoms with E-state index in [1.54, 1.807) is 13.8 Å². The van der Waals surface area contributed by atoms with E-state index in [9.17, 15) is 5.11 Å². The average Bonchev–Trinajstić information content (AvgIpc) is 2.85. The zero-order valence-electron chi connectivity index (χ0n) is 12.0. The first-order chi connectivity index (χ1) is 8.98. The predicted octanol–water partition coefficient (Wildman–Crippen LogP) is 1.06. The summed E-state index contributed by atoms with van der Waals surface area (Å²) >= 11 is 0. The summed E-state index contributed by atoms with van der Waals surface area (Å²) in [6.45, 7) is 6.15. The Kier molecular flexibility index (Phi) is 4.27. The Labute approximate surface area is 115 Å². The zero-order chi connectivity index (χ0) is 13.9. The van der Waals surface area contributed by atoms with Crippen LogP contribution in [-0.2, 0) is 0 Å². The maximum Gasteiger partial charge on any atom is 0.128 e. The van der Waals surface area contributed by atoms with Crippen LogP contribution in [0, 0.1) is 0 Å². The van der Waals surface area contributed by atoms with Crippen molar-refractivity contribution in [1.29, 1.82) is 0 Å². The van der Waals surface area contributed by atoms with Crippen molar-refractivity contribution in [3.63, 3.8) is 0 Å². The van der Waals surface area contributed by atoms with Crippen LogP contribution in [0.5, 0.6) is 0 Å². The monoisotopic (exact) mass is 264 g/mol. The number of hydrogen-bond donors (Lipinski definition) is 3. The normalized spacial score (nSPS) is 19.8. The Hall–Kier alpha value is -1.33. The largest absolute Gasteiger partial charge is 0.389 e. The van der Waals surface area contributed by atoms with Crippen molar-refractivity contribution < 1.29 is 5.11 Å². The van der Waals surface area contributed by atoms with E-state index in [-0.39, 0.29) is 0 Å². The van der Waals surface area contributed by atoms with Crippen molar-refractivity contribution >= 4 is 11.5 Å². The highest BCUT2D eigenvalue weighted by molar-refractivity contribution is 5.54. The van der Waals surface area contributed by atoms with Crippen LogP contribution in [0.15, 0.2) is 18.3 Å². The summed E-state index contributed by atoms with van der Waals surface area (Å²) in [6, 6.07) is 4.65. The highest BCUT2D eigenvalue weighted by atomic mass is 16.3. The quantitative estimate of drug-likeness (QED) is 0.742. The SMILES string of the molecule is CN[C@@H]1CCN(c2ccnc(NCC(C)(C)O)c2)C1. The molecule has 1 atom stereocenters. The molecular formula is C14H24N4O. The van der Waals surface area contributed by atoms with Gasteiger partial charge in [-0.15, -0.1) is 0 Å². The summed E-state index contributed by atoms with van der Waals surface area (Å²) in [4.78, 5) is 6.65. The number of aliphatic hydroxyl groups is 1. The second-order valence-corrected chi connectivity index (χ2v) is 5.79. The molecule has 19 heavy (non-hydrogen) atoms. The molecule has 1 aliphatic rings. The molecule has 2 heterocycles. The number of aromatic nitrogens is 1. The van der Waals surface area contributed by atoms with Crippen molar-refractivity contribution in [2.45, 2.75) is 31.9 Å². The lowest BCUT2D eigenvalue weighted by molar-refractivity contribution is 0.0944. The summed E-state index contributed by atoms with van der Waals surface area (Å²) in [7, 11) is 2.01. The number of nitrogens with one attached hydrogen (secondary N) is 2. The lowest BCUT2D eigenvalue weighted by Gasteiger charge is -2.21. The number of pyridine rings is 1. The van der Waals surface area contributed by atoms with Crippen molar-refractivity contribution in [3.8, 4) is 0 Å². The number of hydrogen-bond acceptors (Lipinski definition) is 5. The van der Waals surface area contributed by atoms with Crippen LogP contribution < -0.4 is 15.5 Å². The van der Waals surface area contributed by atoms with Gasteiger partial charge in [0.15, 0.2) is 0 Å². The van der Waals surface area contributed by atoms with E-state index in [0.717, 1.165) is 18.9 Å². The molecule has 1 saturated heterocycles. The first kappa shape index (κ1) is 14.1. The Bertz CT molecular complexity index is 416. The van der Waals surface area contributed by atoms with Gasteiger partial charge in [0.25, 0.3) is 0 Å². The first-order valence-corrected chi connectivity index (χ1v) is 6.82. The minimum atomic E-state index is -0.734. The summed E-state index contributed by atoms with van der Waals surface area (Å²) in [5, 5.41) is 16.2. The minimum absolute atomic E-state index is 0.489. The van der Waals surface area contributed by atoms with E-state index in [1.165, 1.54) is 12.1 Å². The molecule has 1 aromatic heterocycles. The van der Waals surface area contributed by atoms with Gasteiger partial charge < -0.3 is 20.6 Å². The molecule has 1 aliphatic heterocycles. The van der Waals surface area contributed by atoms with E-state index in [4.69, 9.17) is 0 Å². The number of likely N-dealkylation sites (N-methyl/N-ethyl adjacent to an activating group) is 1. The molecule has 0 spiro atoms. The molecule has 2 rings (SSSR count). The van der Waals surface area contributed by atoms with Crippen molar-refractivity contribution in [1.82, 2.24) is 10.3 Å². The molecule has 5 heteroatoms. The van der Waals surface area contributed by atoms with Gasteiger partial charge in [-0.3, -0.25) is 0 Å². The number of rotatable bonds is 5. The van der Waals surface area contributed by atoms with Gasteiger partial charge in [0.2, 0.25) is 0 Å². The van der Waals surface area contributed by atoms with Crippen molar-refractivity contribution in [2.75, 3.05) is 36.9 Å². The van der Waals surface area contributed by atoms with Gasteiger partial charge in [-0.2, -0.15) is 0 Å². The summed E-state index contributed by atoms with van der Waals surface area (Å²) in [5.74, 6) is 0.813. The number of anilines is 2. The van der Waals surface area contributed by atoms with Crippen LogP contribution in [0.25, 0.3) is 0 Å². The maximum absolute atomic E-state index is 9.72. The lowest BCUT2D eigenvalue weighted by atomic mass is 10.1. The zero-order valence-corrected chi connectivity index (χ0v) is 12.0. The van der Waals surface area contributed by atoms with E-state index < -0.39 is 5.60 Å². The molecule has 0 radical (unpaired) electrons. The van der Waals surface area contributed by atoms with Gasteiger partial charge in [-0.05, 0) is 33.4 Å². The fourth-order valence-electron chi connectivity index (χ4n) is 2.25. The van der Waals surface area contributed by atoms with Crippen LogP contribution >= 0.6 is 0 Å². The predicted molar refractivity (Wildman–Crippen MR) is 78.7 cm³/mol. The molecular weight excluding hydrogens is 240 g/mol. The summed E-state index contributed by atoms with van der Waals surface area (Å²) < 4.78 is 0. The van der Waals surface area contributed by atoms with Gasteiger partial charge in [0.1, 0.15) is 5.82 Å². The molecule has 5 nitrogen and oxygen atoms in total. The van der Waals surface area contributed by atoms with Gasteiger partial charge in [-0.1, -0.05) is 0 Å². The maximum atomic E-state index is 9.72. The molecule has 0 unspecified atom stereocenters. The molecule has 0 saturated carbocycles. The molecule has 1 fully saturated rings. The Morgan fingerprint density at radius 1 is 1.53 bits per heavy atom. The number of nitrogens with zero attached hydrogens (tertiary/aromatic N) is 2.